The first-order valence-corrected chi connectivity index (χ1v) is 9.14. The highest BCUT2D eigenvalue weighted by atomic mass is 35.5. The lowest BCUT2D eigenvalue weighted by Crippen LogP contribution is -2.49. The van der Waals surface area contributed by atoms with Crippen LogP contribution in [0.15, 0.2) is 30.6 Å². The number of pyridine rings is 1. The Balaban J connectivity index is 1.63. The third-order valence-electron chi connectivity index (χ3n) is 4.08. The number of halogens is 4. The first-order valence-electron chi connectivity index (χ1n) is 8.00. The summed E-state index contributed by atoms with van der Waals surface area (Å²) in [5, 5.41) is 6.47. The molecule has 1 aliphatic rings. The largest absolute Gasteiger partial charge is 0.367 e. The van der Waals surface area contributed by atoms with Crippen LogP contribution in [0, 0.1) is 5.82 Å². The summed E-state index contributed by atoms with van der Waals surface area (Å²) in [6.45, 7) is 1.36. The molecule has 0 saturated carbocycles. The van der Waals surface area contributed by atoms with Crippen LogP contribution >= 0.6 is 34.8 Å². The SMILES string of the molecule is O=C(Nc1ccc(F)c(Cl)c1)NC1CCCN(c2c(Cl)cncc2Cl)C1. The van der Waals surface area contributed by atoms with Gasteiger partial charge in [0.05, 0.1) is 20.8 Å². The van der Waals surface area contributed by atoms with Gasteiger partial charge in [0.25, 0.3) is 0 Å². The number of carbonyl (C=O) groups excluding carboxylic acids is 1. The Bertz CT molecular complexity index is 800. The summed E-state index contributed by atoms with van der Waals surface area (Å²) in [6, 6.07) is 3.55. The Kier molecular flexibility index (Phi) is 6.06. The molecule has 2 aromatic rings. The van der Waals surface area contributed by atoms with Crippen LogP contribution in [0.3, 0.4) is 0 Å². The molecule has 0 radical (unpaired) electrons. The van der Waals surface area contributed by atoms with Crippen LogP contribution in [-0.4, -0.2) is 30.1 Å². The molecule has 9 heteroatoms. The molecule has 5 nitrogen and oxygen atoms in total. The summed E-state index contributed by atoms with van der Waals surface area (Å²) in [5.41, 5.74) is 1.14. The van der Waals surface area contributed by atoms with Crippen molar-refractivity contribution in [2.24, 2.45) is 0 Å². The molecule has 2 amide bonds. The number of hydrogen-bond acceptors (Lipinski definition) is 3. The number of piperidine rings is 1. The minimum absolute atomic E-state index is 0.0476. The lowest BCUT2D eigenvalue weighted by molar-refractivity contribution is 0.246. The highest BCUT2D eigenvalue weighted by molar-refractivity contribution is 6.38. The lowest BCUT2D eigenvalue weighted by atomic mass is 10.1. The zero-order valence-corrected chi connectivity index (χ0v) is 15.9. The number of nitrogens with one attached hydrogen (secondary N) is 2. The van der Waals surface area contributed by atoms with E-state index in [9.17, 15) is 9.18 Å². The molecule has 2 heterocycles. The molecule has 1 fully saturated rings. The number of hydrogen-bond donors (Lipinski definition) is 2. The van der Waals surface area contributed by atoms with E-state index in [1.165, 1.54) is 18.2 Å². The molecule has 0 aliphatic carbocycles. The van der Waals surface area contributed by atoms with E-state index in [0.29, 0.717) is 22.3 Å². The second kappa shape index (κ2) is 8.29. The first kappa shape index (κ1) is 19.0. The Morgan fingerprint density at radius 1 is 1.19 bits per heavy atom. The molecule has 1 saturated heterocycles. The smallest absolute Gasteiger partial charge is 0.319 e. The number of carbonyl (C=O) groups is 1. The van der Waals surface area contributed by atoms with E-state index in [-0.39, 0.29) is 17.1 Å². The van der Waals surface area contributed by atoms with Gasteiger partial charge < -0.3 is 15.5 Å². The van der Waals surface area contributed by atoms with Gasteiger partial charge in [-0.25, -0.2) is 9.18 Å². The van der Waals surface area contributed by atoms with E-state index in [4.69, 9.17) is 34.8 Å². The molecule has 0 bridgehead atoms. The summed E-state index contributed by atoms with van der Waals surface area (Å²) in [4.78, 5) is 18.2. The zero-order chi connectivity index (χ0) is 18.7. The maximum absolute atomic E-state index is 13.2. The van der Waals surface area contributed by atoms with Gasteiger partial charge in [0.1, 0.15) is 5.82 Å². The predicted octanol–water partition coefficient (Wildman–Crippen LogP) is 4.97. The Labute approximate surface area is 165 Å². The second-order valence-corrected chi connectivity index (χ2v) is 7.19. The van der Waals surface area contributed by atoms with Crippen LogP contribution in [0.4, 0.5) is 20.6 Å². The molecule has 1 atom stereocenters. The van der Waals surface area contributed by atoms with E-state index >= 15 is 0 Å². The van der Waals surface area contributed by atoms with E-state index in [1.807, 2.05) is 4.90 Å². The van der Waals surface area contributed by atoms with Crippen LogP contribution in [0.5, 0.6) is 0 Å². The Hall–Kier alpha value is -1.76. The molecule has 2 N–H and O–H groups in total. The third-order valence-corrected chi connectivity index (χ3v) is 4.92. The number of anilines is 2. The number of urea groups is 1. The minimum atomic E-state index is -0.536. The first-order chi connectivity index (χ1) is 12.4. The summed E-state index contributed by atoms with van der Waals surface area (Å²) < 4.78 is 13.2. The number of amides is 2. The molecule has 1 unspecified atom stereocenters. The maximum atomic E-state index is 13.2. The van der Waals surface area contributed by atoms with Crippen LogP contribution in [0.25, 0.3) is 0 Å². The second-order valence-electron chi connectivity index (χ2n) is 5.96. The number of benzene rings is 1. The van der Waals surface area contributed by atoms with E-state index in [2.05, 4.69) is 15.6 Å². The van der Waals surface area contributed by atoms with Crippen LogP contribution < -0.4 is 15.5 Å². The average molecular weight is 418 g/mol. The Morgan fingerprint density at radius 2 is 1.92 bits per heavy atom. The quantitative estimate of drug-likeness (QED) is 0.741. The van der Waals surface area contributed by atoms with E-state index in [0.717, 1.165) is 25.1 Å². The van der Waals surface area contributed by atoms with Gasteiger partial charge in [-0.1, -0.05) is 34.8 Å². The fraction of sp³-hybridized carbons (Fsp3) is 0.294. The summed E-state index contributed by atoms with van der Waals surface area (Å²) >= 11 is 18.2. The molecule has 3 rings (SSSR count). The average Bonchev–Trinajstić information content (AvgIpc) is 2.58. The van der Waals surface area contributed by atoms with Gasteiger partial charge in [0.15, 0.2) is 0 Å². The number of rotatable bonds is 3. The molecule has 26 heavy (non-hydrogen) atoms. The van der Waals surface area contributed by atoms with Gasteiger partial charge in [-0.15, -0.1) is 0 Å². The normalized spacial score (nSPS) is 17.1. The summed E-state index contributed by atoms with van der Waals surface area (Å²) in [5.74, 6) is -0.536. The molecular weight excluding hydrogens is 402 g/mol. The number of aromatic nitrogens is 1. The highest BCUT2D eigenvalue weighted by Gasteiger charge is 2.24. The minimum Gasteiger partial charge on any atom is -0.367 e. The van der Waals surface area contributed by atoms with Gasteiger partial charge in [-0.2, -0.15) is 0 Å². The van der Waals surface area contributed by atoms with Crippen LogP contribution in [0.1, 0.15) is 12.8 Å². The lowest BCUT2D eigenvalue weighted by Gasteiger charge is -2.35. The molecule has 1 aliphatic heterocycles. The van der Waals surface area contributed by atoms with Gasteiger partial charge in [-0.3, -0.25) is 4.98 Å². The maximum Gasteiger partial charge on any atom is 0.319 e. The van der Waals surface area contributed by atoms with Crippen molar-refractivity contribution in [3.05, 3.63) is 51.5 Å². The zero-order valence-electron chi connectivity index (χ0n) is 13.6. The van der Waals surface area contributed by atoms with Crippen molar-refractivity contribution in [1.29, 1.82) is 0 Å². The third kappa shape index (κ3) is 4.50. The molecule has 138 valence electrons. The molecule has 1 aromatic heterocycles. The van der Waals surface area contributed by atoms with E-state index in [1.54, 1.807) is 12.4 Å². The van der Waals surface area contributed by atoms with Crippen molar-refractivity contribution in [3.63, 3.8) is 0 Å². The topological polar surface area (TPSA) is 57.3 Å². The number of nitrogens with zero attached hydrogens (tertiary/aromatic N) is 2. The molecular formula is C17H16Cl3FN4O. The monoisotopic (exact) mass is 416 g/mol. The van der Waals surface area contributed by atoms with Gasteiger partial charge in [0.2, 0.25) is 0 Å². The molecule has 1 aromatic carbocycles. The summed E-state index contributed by atoms with van der Waals surface area (Å²) in [7, 11) is 0. The fourth-order valence-electron chi connectivity index (χ4n) is 2.93. The van der Waals surface area contributed by atoms with Crippen molar-refractivity contribution in [2.45, 2.75) is 18.9 Å². The summed E-state index contributed by atoms with van der Waals surface area (Å²) in [6.07, 6.45) is 4.80. The van der Waals surface area contributed by atoms with E-state index < -0.39 is 5.82 Å². The van der Waals surface area contributed by atoms with Gasteiger partial charge in [-0.05, 0) is 31.0 Å². The van der Waals surface area contributed by atoms with Crippen molar-refractivity contribution in [3.8, 4) is 0 Å². The van der Waals surface area contributed by atoms with Crippen molar-refractivity contribution in [1.82, 2.24) is 10.3 Å². The fourth-order valence-corrected chi connectivity index (χ4v) is 3.72. The van der Waals surface area contributed by atoms with Crippen molar-refractivity contribution < 1.29 is 9.18 Å². The van der Waals surface area contributed by atoms with Gasteiger partial charge >= 0.3 is 6.03 Å². The predicted molar refractivity (Wildman–Crippen MR) is 103 cm³/mol. The standard InChI is InChI=1S/C17H16Cl3FN4O/c18-12-6-10(3-4-15(12)21)23-17(26)24-11-2-1-5-25(9-11)16-13(19)7-22-8-14(16)20/h3-4,6-8,11H,1-2,5,9H2,(H2,23,24,26). The molecule has 0 spiro atoms. The van der Waals surface area contributed by atoms with Gasteiger partial charge in [0, 0.05) is 37.2 Å². The highest BCUT2D eigenvalue weighted by Crippen LogP contribution is 2.34. The van der Waals surface area contributed by atoms with Crippen molar-refractivity contribution in [2.75, 3.05) is 23.3 Å². The van der Waals surface area contributed by atoms with Crippen molar-refractivity contribution >= 4 is 52.2 Å². The Morgan fingerprint density at radius 3 is 2.62 bits per heavy atom. The van der Waals surface area contributed by atoms with Crippen LogP contribution in [0.2, 0.25) is 15.1 Å². The van der Waals surface area contributed by atoms with Crippen LogP contribution in [-0.2, 0) is 0 Å².